The fourth-order valence-corrected chi connectivity index (χ4v) is 4.65. The van der Waals surface area contributed by atoms with Crippen LogP contribution in [0, 0.1) is 0 Å². The number of halogens is 6. The minimum absolute atomic E-state index is 0.0652. The summed E-state index contributed by atoms with van der Waals surface area (Å²) in [7, 11) is 3.65. The number of alkyl halides is 6. The molecule has 2 aromatic carbocycles. The summed E-state index contributed by atoms with van der Waals surface area (Å²) in [5.41, 5.74) is -0.517. The van der Waals surface area contributed by atoms with Gasteiger partial charge in [0.05, 0.1) is 5.56 Å². The second-order valence-electron chi connectivity index (χ2n) is 8.41. The predicted octanol–water partition coefficient (Wildman–Crippen LogP) is 5.52. The third-order valence-electron chi connectivity index (χ3n) is 6.04. The Morgan fingerprint density at radius 2 is 1.64 bits per heavy atom. The maximum absolute atomic E-state index is 14.0. The molecule has 0 fully saturated rings. The largest absolute Gasteiger partial charge is 0.417 e. The number of anilines is 2. The topological polar surface area (TPSA) is 39.3 Å². The van der Waals surface area contributed by atoms with Gasteiger partial charge in [-0.05, 0) is 42.3 Å². The fourth-order valence-electron chi connectivity index (χ4n) is 4.65. The second kappa shape index (κ2) is 7.71. The summed E-state index contributed by atoms with van der Waals surface area (Å²) >= 11 is 0. The van der Waals surface area contributed by atoms with Gasteiger partial charge in [0.2, 0.25) is 5.56 Å². The zero-order valence-electron chi connectivity index (χ0n) is 18.0. The Morgan fingerprint density at radius 3 is 2.18 bits per heavy atom. The van der Waals surface area contributed by atoms with Gasteiger partial charge >= 0.3 is 12.4 Å². The number of hydrogen-bond acceptors (Lipinski definition) is 3. The van der Waals surface area contributed by atoms with Gasteiger partial charge in [-0.2, -0.15) is 26.3 Å². The average molecular weight is 469 g/mol. The number of H-pyrrole nitrogens is 1. The highest BCUT2D eigenvalue weighted by Crippen LogP contribution is 2.50. The molecule has 0 aliphatic carbocycles. The molecule has 0 amide bonds. The number of nitrogens with zero attached hydrogens (tertiary/aromatic N) is 2. The van der Waals surface area contributed by atoms with E-state index in [1.807, 2.05) is 19.0 Å². The quantitative estimate of drug-likeness (QED) is 0.514. The maximum atomic E-state index is 14.0. The van der Waals surface area contributed by atoms with Crippen LogP contribution in [0.25, 0.3) is 10.9 Å². The van der Waals surface area contributed by atoms with Crippen molar-refractivity contribution in [2.24, 2.45) is 0 Å². The maximum Gasteiger partial charge on any atom is 0.417 e. The lowest BCUT2D eigenvalue weighted by atomic mass is 9.85. The van der Waals surface area contributed by atoms with Crippen LogP contribution in [0.15, 0.2) is 47.3 Å². The summed E-state index contributed by atoms with van der Waals surface area (Å²) in [5, 5.41) is -0.280. The molecule has 3 aromatic rings. The lowest BCUT2D eigenvalue weighted by molar-refractivity contribution is -0.136. The molecule has 0 bridgehead atoms. The molecular weight excluding hydrogens is 448 g/mol. The van der Waals surface area contributed by atoms with Gasteiger partial charge in [-0.25, -0.2) is 0 Å². The molecule has 1 aliphatic heterocycles. The third-order valence-corrected chi connectivity index (χ3v) is 6.04. The van der Waals surface area contributed by atoms with E-state index in [0.717, 1.165) is 10.6 Å². The highest BCUT2D eigenvalue weighted by molar-refractivity contribution is 5.93. The molecule has 1 aromatic heterocycles. The Morgan fingerprint density at radius 1 is 1.00 bits per heavy atom. The van der Waals surface area contributed by atoms with Gasteiger partial charge in [-0.3, -0.25) is 4.79 Å². The molecule has 4 nitrogen and oxygen atoms in total. The van der Waals surface area contributed by atoms with E-state index < -0.39 is 42.0 Å². The molecule has 2 unspecified atom stereocenters. The molecule has 0 radical (unpaired) electrons. The molecule has 176 valence electrons. The number of fused-ring (bicyclic) bond motifs is 3. The van der Waals surface area contributed by atoms with Gasteiger partial charge in [-0.1, -0.05) is 12.1 Å². The molecule has 4 rings (SSSR count). The van der Waals surface area contributed by atoms with Gasteiger partial charge < -0.3 is 14.8 Å². The monoisotopic (exact) mass is 469 g/mol. The van der Waals surface area contributed by atoms with E-state index in [4.69, 9.17) is 0 Å². The van der Waals surface area contributed by atoms with Crippen LogP contribution >= 0.6 is 0 Å². The molecule has 1 aliphatic rings. The van der Waals surface area contributed by atoms with Crippen LogP contribution in [0.3, 0.4) is 0 Å². The van der Waals surface area contributed by atoms with Crippen LogP contribution in [0.2, 0.25) is 0 Å². The Labute approximate surface area is 185 Å². The smallest absolute Gasteiger partial charge is 0.378 e. The van der Waals surface area contributed by atoms with E-state index >= 15 is 0 Å². The molecule has 2 atom stereocenters. The van der Waals surface area contributed by atoms with Gasteiger partial charge in [0, 0.05) is 54.4 Å². The lowest BCUT2D eigenvalue weighted by Crippen LogP contribution is -2.39. The number of benzene rings is 2. The van der Waals surface area contributed by atoms with Crippen LogP contribution in [-0.4, -0.2) is 37.8 Å². The van der Waals surface area contributed by atoms with Gasteiger partial charge in [-0.15, -0.1) is 0 Å². The first-order valence-electron chi connectivity index (χ1n) is 10.2. The second-order valence-corrected chi connectivity index (χ2v) is 8.41. The normalized spacial score (nSPS) is 18.6. The van der Waals surface area contributed by atoms with Crippen molar-refractivity contribution in [1.29, 1.82) is 0 Å². The van der Waals surface area contributed by atoms with Crippen molar-refractivity contribution in [3.05, 3.63) is 69.5 Å². The van der Waals surface area contributed by atoms with Crippen LogP contribution in [0.4, 0.5) is 37.7 Å². The first-order chi connectivity index (χ1) is 15.3. The standard InChI is InChI=1S/C23H21F6N3O/c1-12-19(13-4-6-14(7-5-13)31(2)3)21-17(32(12)11-22(24,25)26)9-8-16-20(21)15(23(27,28)29)10-18(33)30-16/h4-10,12,19H,11H2,1-3H3,(H,30,33). The van der Waals surface area contributed by atoms with Crippen LogP contribution < -0.4 is 15.4 Å². The van der Waals surface area contributed by atoms with E-state index in [1.54, 1.807) is 31.2 Å². The zero-order chi connectivity index (χ0) is 24.3. The molecule has 2 heterocycles. The molecule has 0 saturated heterocycles. The van der Waals surface area contributed by atoms with Gasteiger partial charge in [0.1, 0.15) is 6.54 Å². The molecule has 10 heteroatoms. The molecule has 0 spiro atoms. The highest BCUT2D eigenvalue weighted by atomic mass is 19.4. The van der Waals surface area contributed by atoms with Crippen LogP contribution in [0.1, 0.15) is 29.5 Å². The van der Waals surface area contributed by atoms with E-state index in [-0.39, 0.29) is 22.2 Å². The summed E-state index contributed by atoms with van der Waals surface area (Å²) in [5.74, 6) is -0.769. The van der Waals surface area contributed by atoms with Crippen molar-refractivity contribution in [2.75, 3.05) is 30.4 Å². The molecule has 0 saturated carbocycles. The number of pyridine rings is 1. The first kappa shape index (κ1) is 23.0. The number of hydrogen-bond donors (Lipinski definition) is 1. The number of nitrogens with one attached hydrogen (secondary N) is 1. The van der Waals surface area contributed by atoms with Crippen molar-refractivity contribution in [1.82, 2.24) is 4.98 Å². The van der Waals surface area contributed by atoms with E-state index in [1.165, 1.54) is 12.1 Å². The van der Waals surface area contributed by atoms with Crippen molar-refractivity contribution in [3.63, 3.8) is 0 Å². The first-order valence-corrected chi connectivity index (χ1v) is 10.2. The summed E-state index contributed by atoms with van der Waals surface area (Å²) in [4.78, 5) is 17.2. The lowest BCUT2D eigenvalue weighted by Gasteiger charge is -2.28. The Balaban J connectivity index is 2.03. The van der Waals surface area contributed by atoms with Gasteiger partial charge in [0.25, 0.3) is 0 Å². The number of aromatic nitrogens is 1. The Bertz CT molecular complexity index is 1240. The van der Waals surface area contributed by atoms with Crippen LogP contribution in [0.5, 0.6) is 0 Å². The zero-order valence-corrected chi connectivity index (χ0v) is 18.0. The van der Waals surface area contributed by atoms with Gasteiger partial charge in [0.15, 0.2) is 0 Å². The molecule has 33 heavy (non-hydrogen) atoms. The Kier molecular flexibility index (Phi) is 5.37. The fraction of sp³-hybridized carbons (Fsp3) is 0.348. The summed E-state index contributed by atoms with van der Waals surface area (Å²) < 4.78 is 82.1. The predicted molar refractivity (Wildman–Crippen MR) is 115 cm³/mol. The third kappa shape index (κ3) is 4.14. The van der Waals surface area contributed by atoms with Crippen LogP contribution in [-0.2, 0) is 6.18 Å². The highest BCUT2D eigenvalue weighted by Gasteiger charge is 2.45. The number of rotatable bonds is 3. The van der Waals surface area contributed by atoms with Crippen molar-refractivity contribution in [3.8, 4) is 0 Å². The molecular formula is C23H21F6N3O. The number of aromatic amines is 1. The summed E-state index contributed by atoms with van der Waals surface area (Å²) in [6.45, 7) is 0.269. The summed E-state index contributed by atoms with van der Waals surface area (Å²) in [6.07, 6.45) is -9.41. The van der Waals surface area contributed by atoms with E-state index in [9.17, 15) is 31.1 Å². The Hall–Kier alpha value is -3.17. The van der Waals surface area contributed by atoms with E-state index in [2.05, 4.69) is 4.98 Å². The molecule has 1 N–H and O–H groups in total. The van der Waals surface area contributed by atoms with Crippen molar-refractivity contribution >= 4 is 22.3 Å². The SMILES string of the molecule is CC1C(c2ccc(N(C)C)cc2)c2c(ccc3[nH]c(=O)cc(C(F)(F)F)c23)N1CC(F)(F)F. The van der Waals surface area contributed by atoms with E-state index in [0.29, 0.717) is 11.6 Å². The minimum atomic E-state index is -4.86. The average Bonchev–Trinajstić information content (AvgIpc) is 2.97. The summed E-state index contributed by atoms with van der Waals surface area (Å²) in [6, 6.07) is 9.25. The van der Waals surface area contributed by atoms with Crippen molar-refractivity contribution in [2.45, 2.75) is 31.2 Å². The van der Waals surface area contributed by atoms with Crippen molar-refractivity contribution < 1.29 is 26.3 Å². The minimum Gasteiger partial charge on any atom is -0.378 e.